The van der Waals surface area contributed by atoms with Crippen molar-refractivity contribution in [1.82, 2.24) is 14.9 Å². The molecule has 0 aliphatic heterocycles. The van der Waals surface area contributed by atoms with E-state index in [0.717, 1.165) is 12.8 Å². The van der Waals surface area contributed by atoms with Crippen molar-refractivity contribution in [2.45, 2.75) is 43.5 Å². The number of hydrogen-bond donors (Lipinski definition) is 2. The van der Waals surface area contributed by atoms with E-state index in [1.165, 1.54) is 37.3 Å². The summed E-state index contributed by atoms with van der Waals surface area (Å²) in [6, 6.07) is 8.96. The maximum absolute atomic E-state index is 13.0. The molecule has 3 aromatic rings. The lowest BCUT2D eigenvalue weighted by Crippen LogP contribution is -2.41. The maximum atomic E-state index is 13.0. The van der Waals surface area contributed by atoms with Crippen LogP contribution in [0.25, 0.3) is 11.4 Å². The van der Waals surface area contributed by atoms with E-state index >= 15 is 0 Å². The zero-order chi connectivity index (χ0) is 22.2. The zero-order valence-electron chi connectivity index (χ0n) is 16.9. The molecule has 162 valence electrons. The summed E-state index contributed by atoms with van der Waals surface area (Å²) in [5, 5.41) is 6.50. The Hall–Kier alpha value is -3.11. The number of nitrogens with zero attached hydrogens (tertiary/aromatic N) is 2. The van der Waals surface area contributed by atoms with Crippen LogP contribution < -0.4 is 10.0 Å². The lowest BCUT2D eigenvalue weighted by molar-refractivity contribution is -0.117. The monoisotopic (exact) mass is 444 g/mol. The first kappa shape index (κ1) is 21.1. The molecule has 8 nitrogen and oxygen atoms in total. The lowest BCUT2D eigenvalue weighted by Gasteiger charge is -2.16. The van der Waals surface area contributed by atoms with Crippen LogP contribution in [0.4, 0.5) is 10.1 Å². The fourth-order valence-corrected chi connectivity index (χ4v) is 4.48. The zero-order valence-corrected chi connectivity index (χ0v) is 17.7. The number of carbonyl (C=O) groups is 1. The third-order valence-electron chi connectivity index (χ3n) is 4.94. The van der Waals surface area contributed by atoms with E-state index in [1.54, 1.807) is 19.1 Å². The highest BCUT2D eigenvalue weighted by Crippen LogP contribution is 2.39. The van der Waals surface area contributed by atoms with Gasteiger partial charge in [-0.2, -0.15) is 9.71 Å². The van der Waals surface area contributed by atoms with Crippen LogP contribution in [0.15, 0.2) is 51.9 Å². The van der Waals surface area contributed by atoms with Crippen molar-refractivity contribution in [2.24, 2.45) is 0 Å². The molecule has 31 heavy (non-hydrogen) atoms. The molecule has 1 aromatic heterocycles. The summed E-state index contributed by atoms with van der Waals surface area (Å²) in [6.07, 6.45) is 2.02. The van der Waals surface area contributed by atoms with Gasteiger partial charge in [0.15, 0.2) is 0 Å². The molecule has 4 rings (SSSR count). The lowest BCUT2D eigenvalue weighted by atomic mass is 10.1. The van der Waals surface area contributed by atoms with Crippen molar-refractivity contribution in [2.75, 3.05) is 5.32 Å². The number of carbonyl (C=O) groups excluding carboxylic acids is 1. The molecule has 10 heteroatoms. The highest BCUT2D eigenvalue weighted by atomic mass is 32.2. The van der Waals surface area contributed by atoms with Crippen LogP contribution in [0.5, 0.6) is 0 Å². The van der Waals surface area contributed by atoms with E-state index in [0.29, 0.717) is 28.5 Å². The molecule has 1 aliphatic rings. The summed E-state index contributed by atoms with van der Waals surface area (Å²) in [6.45, 7) is 3.09. The van der Waals surface area contributed by atoms with Crippen molar-refractivity contribution in [3.8, 4) is 11.4 Å². The largest absolute Gasteiger partial charge is 0.339 e. The molecule has 2 aromatic carbocycles. The average molecular weight is 444 g/mol. The number of aromatic nitrogens is 2. The summed E-state index contributed by atoms with van der Waals surface area (Å²) in [5.41, 5.74) is 1.37. The molecule has 0 bridgehead atoms. The molecule has 0 saturated heterocycles. The second-order valence-corrected chi connectivity index (χ2v) is 9.23. The molecule has 2 N–H and O–H groups in total. The quantitative estimate of drug-likeness (QED) is 0.578. The van der Waals surface area contributed by atoms with Crippen LogP contribution in [0.1, 0.15) is 37.1 Å². The highest BCUT2D eigenvalue weighted by molar-refractivity contribution is 7.89. The summed E-state index contributed by atoms with van der Waals surface area (Å²) in [7, 11) is -4.02. The Kier molecular flexibility index (Phi) is 5.59. The predicted molar refractivity (Wildman–Crippen MR) is 111 cm³/mol. The molecule has 1 amide bonds. The second kappa shape index (κ2) is 8.20. The highest BCUT2D eigenvalue weighted by Gasteiger charge is 2.30. The van der Waals surface area contributed by atoms with Crippen LogP contribution in [0.2, 0.25) is 0 Å². The first-order chi connectivity index (χ1) is 14.7. The SMILES string of the molecule is Cc1ccc(-c2noc(C3CC3)n2)cc1S(=O)(=O)N[C@@H](C)C(=O)Nc1ccc(F)cc1. The maximum Gasteiger partial charge on any atom is 0.242 e. The smallest absolute Gasteiger partial charge is 0.242 e. The average Bonchev–Trinajstić information content (AvgIpc) is 3.46. The third kappa shape index (κ3) is 4.80. The first-order valence-corrected chi connectivity index (χ1v) is 11.2. The van der Waals surface area contributed by atoms with Gasteiger partial charge in [0.1, 0.15) is 5.82 Å². The van der Waals surface area contributed by atoms with E-state index in [9.17, 15) is 17.6 Å². The minimum atomic E-state index is -4.02. The number of hydrogen-bond acceptors (Lipinski definition) is 6. The minimum Gasteiger partial charge on any atom is -0.339 e. The molecule has 0 unspecified atom stereocenters. The fourth-order valence-electron chi connectivity index (χ4n) is 3.01. The third-order valence-corrected chi connectivity index (χ3v) is 6.62. The van der Waals surface area contributed by atoms with Gasteiger partial charge in [-0.1, -0.05) is 17.3 Å². The topological polar surface area (TPSA) is 114 Å². The van der Waals surface area contributed by atoms with Gasteiger partial charge < -0.3 is 9.84 Å². The summed E-state index contributed by atoms with van der Waals surface area (Å²) < 4.78 is 46.6. The van der Waals surface area contributed by atoms with Crippen molar-refractivity contribution in [3.05, 3.63) is 59.7 Å². The van der Waals surface area contributed by atoms with Crippen molar-refractivity contribution >= 4 is 21.6 Å². The molecule has 1 atom stereocenters. The normalized spacial score (nSPS) is 14.9. The van der Waals surface area contributed by atoms with Gasteiger partial charge in [0, 0.05) is 17.2 Å². The van der Waals surface area contributed by atoms with Gasteiger partial charge >= 0.3 is 0 Å². The van der Waals surface area contributed by atoms with Gasteiger partial charge in [0.2, 0.25) is 27.6 Å². The van der Waals surface area contributed by atoms with E-state index in [-0.39, 0.29) is 10.8 Å². The van der Waals surface area contributed by atoms with Gasteiger partial charge in [-0.25, -0.2) is 12.8 Å². The van der Waals surface area contributed by atoms with E-state index < -0.39 is 27.8 Å². The predicted octanol–water partition coefficient (Wildman–Crippen LogP) is 3.37. The second-order valence-electron chi connectivity index (χ2n) is 7.55. The number of benzene rings is 2. The molecular formula is C21H21FN4O4S. The Labute approximate surface area is 178 Å². The minimum absolute atomic E-state index is 0.0178. The van der Waals surface area contributed by atoms with Crippen LogP contribution in [0, 0.1) is 12.7 Å². The number of halogens is 1. The molecule has 0 radical (unpaired) electrons. The molecule has 1 aliphatic carbocycles. The molecule has 1 fully saturated rings. The Bertz CT molecular complexity index is 1220. The number of sulfonamides is 1. The summed E-state index contributed by atoms with van der Waals surface area (Å²) in [5.74, 6) is 0.158. The molecular weight excluding hydrogens is 423 g/mol. The standard InChI is InChI=1S/C21H21FN4O4S/c1-12-3-4-15(19-24-21(30-25-19)14-5-6-14)11-18(12)31(28,29)26-13(2)20(27)23-17-9-7-16(22)8-10-17/h3-4,7-11,13-14,26H,5-6H2,1-2H3,(H,23,27)/t13-/m0/s1. The van der Waals surface area contributed by atoms with Crippen molar-refractivity contribution in [1.29, 1.82) is 0 Å². The Balaban J connectivity index is 1.51. The van der Waals surface area contributed by atoms with Gasteiger partial charge in [-0.3, -0.25) is 4.79 Å². The number of aryl methyl sites for hydroxylation is 1. The van der Waals surface area contributed by atoms with Gasteiger partial charge in [0.05, 0.1) is 10.9 Å². The van der Waals surface area contributed by atoms with Crippen LogP contribution >= 0.6 is 0 Å². The van der Waals surface area contributed by atoms with E-state index in [1.807, 2.05) is 0 Å². The van der Waals surface area contributed by atoms with Gasteiger partial charge in [0.25, 0.3) is 0 Å². The number of rotatable bonds is 7. The van der Waals surface area contributed by atoms with Crippen LogP contribution in [-0.4, -0.2) is 30.5 Å². The number of nitrogens with one attached hydrogen (secondary N) is 2. The van der Waals surface area contributed by atoms with Crippen molar-refractivity contribution < 1.29 is 22.1 Å². The van der Waals surface area contributed by atoms with Crippen molar-refractivity contribution in [3.63, 3.8) is 0 Å². The summed E-state index contributed by atoms with van der Waals surface area (Å²) in [4.78, 5) is 16.8. The van der Waals surface area contributed by atoms with Gasteiger partial charge in [-0.15, -0.1) is 0 Å². The Morgan fingerprint density at radius 2 is 1.90 bits per heavy atom. The van der Waals surface area contributed by atoms with Crippen LogP contribution in [0.3, 0.4) is 0 Å². The summed E-state index contributed by atoms with van der Waals surface area (Å²) >= 11 is 0. The molecule has 0 spiro atoms. The fraction of sp³-hybridized carbons (Fsp3) is 0.286. The van der Waals surface area contributed by atoms with E-state index in [2.05, 4.69) is 20.2 Å². The Morgan fingerprint density at radius 3 is 2.58 bits per heavy atom. The van der Waals surface area contributed by atoms with E-state index in [4.69, 9.17) is 4.52 Å². The number of amides is 1. The van der Waals surface area contributed by atoms with Gasteiger partial charge in [-0.05, 0) is 62.6 Å². The molecule has 1 saturated carbocycles. The van der Waals surface area contributed by atoms with Crippen LogP contribution in [-0.2, 0) is 14.8 Å². The number of anilines is 1. The molecule has 1 heterocycles. The first-order valence-electron chi connectivity index (χ1n) is 9.76. The Morgan fingerprint density at radius 1 is 1.19 bits per heavy atom.